The predicted molar refractivity (Wildman–Crippen MR) is 158 cm³/mol. The first-order valence-corrected chi connectivity index (χ1v) is 16.0. The van der Waals surface area contributed by atoms with E-state index in [9.17, 15) is 9.59 Å². The molecule has 0 aromatic heterocycles. The number of quaternary nitrogens is 1. The van der Waals surface area contributed by atoms with Crippen molar-refractivity contribution in [3.8, 4) is 0 Å². The number of nitrogens with zero attached hydrogens (tertiary/aromatic N) is 1. The number of unbranched alkanes of at least 4 members (excludes halogenated alkanes) is 9. The minimum Gasteiger partial charge on any atom is -1.00 e. The second kappa shape index (κ2) is 25.9. The fourth-order valence-electron chi connectivity index (χ4n) is 5.06. The lowest BCUT2D eigenvalue weighted by atomic mass is 9.85. The largest absolute Gasteiger partial charge is 1.00 e. The highest BCUT2D eigenvalue weighted by molar-refractivity contribution is 5.94. The van der Waals surface area contributed by atoms with E-state index in [1.165, 1.54) is 96.8 Å². The molecule has 0 spiro atoms. The number of likely N-dealkylation sites (N-methyl/N-ethyl adjacent to an activating group) is 1. The summed E-state index contributed by atoms with van der Waals surface area (Å²) in [6.07, 6.45) is 21.2. The number of carbonyl (C=O) groups is 2. The Labute approximate surface area is 252 Å². The van der Waals surface area contributed by atoms with Gasteiger partial charge in [0.25, 0.3) is 0 Å². The van der Waals surface area contributed by atoms with E-state index in [-0.39, 0.29) is 37.8 Å². The van der Waals surface area contributed by atoms with Crippen molar-refractivity contribution in [2.75, 3.05) is 67.3 Å². The van der Waals surface area contributed by atoms with Crippen LogP contribution in [-0.2, 0) is 28.5 Å². The van der Waals surface area contributed by atoms with Crippen LogP contribution in [0.3, 0.4) is 0 Å². The van der Waals surface area contributed by atoms with Gasteiger partial charge in [0, 0.05) is 6.61 Å². The Balaban J connectivity index is 0.0000152. The van der Waals surface area contributed by atoms with Crippen molar-refractivity contribution in [2.24, 2.45) is 5.92 Å². The number of ether oxygens (including phenoxy) is 4. The summed E-state index contributed by atoms with van der Waals surface area (Å²) in [6.45, 7) is 5.09. The van der Waals surface area contributed by atoms with Gasteiger partial charge in [-0.1, -0.05) is 96.3 Å². The first kappa shape index (κ1) is 39.3. The zero-order chi connectivity index (χ0) is 28.6. The molecule has 1 aliphatic rings. The Kier molecular flexibility index (Phi) is 25.5. The van der Waals surface area contributed by atoms with E-state index in [0.717, 1.165) is 29.8 Å². The van der Waals surface area contributed by atoms with E-state index in [1.54, 1.807) is 0 Å². The average molecular weight is 592 g/mol. The summed E-state index contributed by atoms with van der Waals surface area (Å²) in [5.41, 5.74) is 0. The van der Waals surface area contributed by atoms with Crippen molar-refractivity contribution in [1.82, 2.24) is 0 Å². The monoisotopic (exact) mass is 591 g/mol. The summed E-state index contributed by atoms with van der Waals surface area (Å²) >= 11 is 0. The molecule has 0 radical (unpaired) electrons. The van der Waals surface area contributed by atoms with Gasteiger partial charge in [0.1, 0.15) is 24.9 Å². The van der Waals surface area contributed by atoms with Gasteiger partial charge in [-0.05, 0) is 19.3 Å². The molecule has 1 atom stereocenters. The highest BCUT2D eigenvalue weighted by Gasteiger charge is 2.17. The Hall–Kier alpha value is -0.730. The smallest absolute Gasteiger partial charge is 0.313 e. The van der Waals surface area contributed by atoms with Crippen LogP contribution in [-0.4, -0.2) is 89.7 Å². The van der Waals surface area contributed by atoms with Crippen LogP contribution in [0.4, 0.5) is 0 Å². The molecule has 1 fully saturated rings. The normalized spacial score (nSPS) is 15.0. The minimum absolute atomic E-state index is 0. The quantitative estimate of drug-likeness (QED) is 0.0664. The number of hydrogen-bond donors (Lipinski definition) is 0. The Morgan fingerprint density at radius 2 is 1.23 bits per heavy atom. The van der Waals surface area contributed by atoms with Crippen LogP contribution in [0, 0.1) is 5.92 Å². The maximum atomic E-state index is 12.0. The van der Waals surface area contributed by atoms with Crippen LogP contribution in [0.2, 0.25) is 0 Å². The van der Waals surface area contributed by atoms with E-state index >= 15 is 0 Å². The fraction of sp³-hybridized carbons (Fsp3) is 0.938. The third-order valence-electron chi connectivity index (χ3n) is 7.45. The summed E-state index contributed by atoms with van der Waals surface area (Å²) in [6, 6.07) is 0. The molecule has 238 valence electrons. The highest BCUT2D eigenvalue weighted by atomic mass is 35.5. The van der Waals surface area contributed by atoms with Crippen LogP contribution >= 0.6 is 0 Å². The fourth-order valence-corrected chi connectivity index (χ4v) is 5.06. The van der Waals surface area contributed by atoms with E-state index in [0.29, 0.717) is 26.4 Å². The summed E-state index contributed by atoms with van der Waals surface area (Å²) < 4.78 is 23.3. The SMILES string of the molecule is CC(=O)CC(=O)OC(COCCCCCCCCCCCCC1CCCCC1)COCCOCC[N+](C)(C)C.[Cl-]. The van der Waals surface area contributed by atoms with Crippen molar-refractivity contribution in [2.45, 2.75) is 122 Å². The molecule has 7 nitrogen and oxygen atoms in total. The Morgan fingerprint density at radius 3 is 1.80 bits per heavy atom. The molecule has 0 N–H and O–H groups in total. The number of carbonyl (C=O) groups excluding carboxylic acids is 2. The van der Waals surface area contributed by atoms with Gasteiger partial charge in [-0.15, -0.1) is 0 Å². The summed E-state index contributed by atoms with van der Waals surface area (Å²) in [7, 11) is 6.38. The number of ketones is 1. The standard InChI is InChI=1S/C32H62NO6.ClH/c1-29(34)26-32(35)39-31(28-38-25-24-36-23-21-33(2,3)4)27-37-22-17-12-10-8-6-5-7-9-11-14-18-30-19-15-13-16-20-30;/h30-31H,5-28H2,1-4H3;1H/q+1;/p-1. The lowest BCUT2D eigenvalue weighted by molar-refractivity contribution is -0.870. The predicted octanol–water partition coefficient (Wildman–Crippen LogP) is 3.51. The van der Waals surface area contributed by atoms with Crippen LogP contribution in [0.15, 0.2) is 0 Å². The molecule has 1 rings (SSSR count). The van der Waals surface area contributed by atoms with Crippen LogP contribution in [0.25, 0.3) is 0 Å². The van der Waals surface area contributed by atoms with Gasteiger partial charge in [-0.2, -0.15) is 0 Å². The average Bonchev–Trinajstić information content (AvgIpc) is 2.87. The van der Waals surface area contributed by atoms with Crippen molar-refractivity contribution < 1.29 is 45.4 Å². The van der Waals surface area contributed by atoms with E-state index in [4.69, 9.17) is 18.9 Å². The van der Waals surface area contributed by atoms with E-state index in [2.05, 4.69) is 21.1 Å². The van der Waals surface area contributed by atoms with Crippen molar-refractivity contribution in [3.63, 3.8) is 0 Å². The maximum absolute atomic E-state index is 12.0. The van der Waals surface area contributed by atoms with Gasteiger partial charge in [-0.25, -0.2) is 0 Å². The molecule has 0 aromatic rings. The molecule has 0 amide bonds. The van der Waals surface area contributed by atoms with Gasteiger partial charge in [-0.3, -0.25) is 9.59 Å². The van der Waals surface area contributed by atoms with Crippen LogP contribution < -0.4 is 12.4 Å². The molecule has 1 saturated carbocycles. The molecular formula is C32H62ClNO6. The molecule has 0 aromatic carbocycles. The van der Waals surface area contributed by atoms with E-state index in [1.807, 2.05) is 0 Å². The van der Waals surface area contributed by atoms with Gasteiger partial charge >= 0.3 is 5.97 Å². The Bertz CT molecular complexity index is 607. The number of Topliss-reactive ketones (excluding diaryl/α,β-unsaturated/α-hetero) is 1. The number of halogens is 1. The highest BCUT2D eigenvalue weighted by Crippen LogP contribution is 2.28. The van der Waals surface area contributed by atoms with E-state index < -0.39 is 12.1 Å². The molecular weight excluding hydrogens is 530 g/mol. The molecule has 1 unspecified atom stereocenters. The van der Waals surface area contributed by atoms with Crippen LogP contribution in [0.5, 0.6) is 0 Å². The molecule has 0 aliphatic heterocycles. The third kappa shape index (κ3) is 26.2. The third-order valence-corrected chi connectivity index (χ3v) is 7.45. The lowest BCUT2D eigenvalue weighted by Gasteiger charge is -2.23. The first-order chi connectivity index (χ1) is 18.8. The van der Waals surface area contributed by atoms with Crippen LogP contribution in [0.1, 0.15) is 116 Å². The number of hydrogen-bond acceptors (Lipinski definition) is 6. The number of rotatable bonds is 26. The molecule has 0 saturated heterocycles. The molecule has 0 bridgehead atoms. The lowest BCUT2D eigenvalue weighted by Crippen LogP contribution is -3.00. The molecule has 40 heavy (non-hydrogen) atoms. The zero-order valence-corrected chi connectivity index (χ0v) is 27.2. The summed E-state index contributed by atoms with van der Waals surface area (Å²) in [4.78, 5) is 23.2. The minimum atomic E-state index is -0.525. The zero-order valence-electron chi connectivity index (χ0n) is 26.4. The van der Waals surface area contributed by atoms with Gasteiger partial charge in [0.05, 0.1) is 54.2 Å². The molecule has 8 heteroatoms. The maximum Gasteiger partial charge on any atom is 0.313 e. The molecule has 1 aliphatic carbocycles. The topological polar surface area (TPSA) is 71.1 Å². The van der Waals surface area contributed by atoms with Gasteiger partial charge < -0.3 is 35.8 Å². The summed E-state index contributed by atoms with van der Waals surface area (Å²) in [5, 5.41) is 0. The summed E-state index contributed by atoms with van der Waals surface area (Å²) in [5.74, 6) is 0.306. The molecule has 0 heterocycles. The van der Waals surface area contributed by atoms with Crippen molar-refractivity contribution >= 4 is 11.8 Å². The van der Waals surface area contributed by atoms with Gasteiger partial charge in [0.15, 0.2) is 0 Å². The Morgan fingerprint density at radius 1 is 0.700 bits per heavy atom. The number of esters is 1. The second-order valence-electron chi connectivity index (χ2n) is 12.6. The van der Waals surface area contributed by atoms with Gasteiger partial charge in [0.2, 0.25) is 0 Å². The van der Waals surface area contributed by atoms with Crippen molar-refractivity contribution in [1.29, 1.82) is 0 Å². The van der Waals surface area contributed by atoms with Crippen molar-refractivity contribution in [3.05, 3.63) is 0 Å². The first-order valence-electron chi connectivity index (χ1n) is 16.0. The second-order valence-corrected chi connectivity index (χ2v) is 12.6.